The van der Waals surface area contributed by atoms with Crippen molar-refractivity contribution in [3.05, 3.63) is 58.9 Å². The fourth-order valence-corrected chi connectivity index (χ4v) is 2.14. The Hall–Kier alpha value is -2.56. The molecule has 23 heavy (non-hydrogen) atoms. The third-order valence-corrected chi connectivity index (χ3v) is 3.80. The van der Waals surface area contributed by atoms with Gasteiger partial charge in [-0.05, 0) is 43.2 Å². The van der Waals surface area contributed by atoms with E-state index in [9.17, 15) is 14.3 Å². The Balaban J connectivity index is 1.98. The van der Waals surface area contributed by atoms with Gasteiger partial charge in [-0.3, -0.25) is 4.79 Å². The van der Waals surface area contributed by atoms with Gasteiger partial charge < -0.3 is 14.7 Å². The molecular formula is C18H20FNO3. The van der Waals surface area contributed by atoms with Crippen molar-refractivity contribution in [2.75, 3.05) is 20.2 Å². The lowest BCUT2D eigenvalue weighted by molar-refractivity contribution is 0.0769. The molecule has 0 fully saturated rings. The van der Waals surface area contributed by atoms with Crippen LogP contribution in [0, 0.1) is 19.7 Å². The third kappa shape index (κ3) is 3.80. The van der Waals surface area contributed by atoms with Gasteiger partial charge in [0.05, 0.1) is 12.1 Å². The molecule has 1 amide bonds. The summed E-state index contributed by atoms with van der Waals surface area (Å²) in [6.07, 6.45) is 0. The van der Waals surface area contributed by atoms with Crippen molar-refractivity contribution >= 4 is 5.91 Å². The van der Waals surface area contributed by atoms with Crippen molar-refractivity contribution in [1.82, 2.24) is 4.90 Å². The lowest BCUT2D eigenvalue weighted by Gasteiger charge is -2.19. The van der Waals surface area contributed by atoms with Crippen molar-refractivity contribution in [3.8, 4) is 11.5 Å². The molecule has 122 valence electrons. The van der Waals surface area contributed by atoms with Crippen LogP contribution in [0.2, 0.25) is 0 Å². The van der Waals surface area contributed by atoms with Gasteiger partial charge in [0.1, 0.15) is 12.4 Å². The van der Waals surface area contributed by atoms with Crippen molar-refractivity contribution in [3.63, 3.8) is 0 Å². The standard InChI is InChI=1S/C18H20FNO3/c1-12-8-9-14(17(21)13(12)2)18(22)20(3)10-11-23-16-7-5-4-6-15(16)19/h4-9,21H,10-11H2,1-3H3. The van der Waals surface area contributed by atoms with E-state index >= 15 is 0 Å². The largest absolute Gasteiger partial charge is 0.507 e. The van der Waals surface area contributed by atoms with Crippen LogP contribution in [0.15, 0.2) is 36.4 Å². The molecule has 0 aliphatic rings. The van der Waals surface area contributed by atoms with Gasteiger partial charge in [-0.1, -0.05) is 18.2 Å². The second kappa shape index (κ2) is 7.13. The molecule has 2 rings (SSSR count). The highest BCUT2D eigenvalue weighted by atomic mass is 19.1. The predicted octanol–water partition coefficient (Wildman–Crippen LogP) is 3.30. The summed E-state index contributed by atoms with van der Waals surface area (Å²) in [5, 5.41) is 10.1. The van der Waals surface area contributed by atoms with Gasteiger partial charge in [0.2, 0.25) is 0 Å². The molecule has 0 saturated carbocycles. The van der Waals surface area contributed by atoms with Crippen LogP contribution in [0.4, 0.5) is 4.39 Å². The minimum Gasteiger partial charge on any atom is -0.507 e. The maximum absolute atomic E-state index is 13.4. The number of likely N-dealkylation sites (N-methyl/N-ethyl adjacent to an activating group) is 1. The topological polar surface area (TPSA) is 49.8 Å². The zero-order valence-electron chi connectivity index (χ0n) is 13.5. The number of ether oxygens (including phenoxy) is 1. The summed E-state index contributed by atoms with van der Waals surface area (Å²) in [5.41, 5.74) is 1.86. The van der Waals surface area contributed by atoms with Gasteiger partial charge in [-0.2, -0.15) is 0 Å². The lowest BCUT2D eigenvalue weighted by atomic mass is 10.0. The normalized spacial score (nSPS) is 10.4. The molecule has 5 heteroatoms. The van der Waals surface area contributed by atoms with Gasteiger partial charge in [-0.25, -0.2) is 4.39 Å². The maximum atomic E-state index is 13.4. The summed E-state index contributed by atoms with van der Waals surface area (Å²) in [6, 6.07) is 9.52. The van der Waals surface area contributed by atoms with Crippen LogP contribution in [0.25, 0.3) is 0 Å². The zero-order valence-corrected chi connectivity index (χ0v) is 13.5. The van der Waals surface area contributed by atoms with Crippen molar-refractivity contribution in [2.24, 2.45) is 0 Å². The Bertz CT molecular complexity index is 715. The SMILES string of the molecule is Cc1ccc(C(=O)N(C)CCOc2ccccc2F)c(O)c1C. The molecule has 0 radical (unpaired) electrons. The second-order valence-corrected chi connectivity index (χ2v) is 5.41. The van der Waals surface area contributed by atoms with Crippen LogP contribution in [-0.2, 0) is 0 Å². The van der Waals surface area contributed by atoms with Crippen LogP contribution in [-0.4, -0.2) is 36.1 Å². The van der Waals surface area contributed by atoms with Gasteiger partial charge in [0, 0.05) is 7.05 Å². The molecule has 2 aromatic rings. The molecule has 4 nitrogen and oxygen atoms in total. The number of para-hydroxylation sites is 1. The number of carbonyl (C=O) groups excluding carboxylic acids is 1. The Kier molecular flexibility index (Phi) is 5.21. The maximum Gasteiger partial charge on any atom is 0.257 e. The fourth-order valence-electron chi connectivity index (χ4n) is 2.14. The number of amides is 1. The number of nitrogens with zero attached hydrogens (tertiary/aromatic N) is 1. The molecule has 0 spiro atoms. The summed E-state index contributed by atoms with van der Waals surface area (Å²) in [5.74, 6) is -0.588. The van der Waals surface area contributed by atoms with E-state index in [0.717, 1.165) is 5.56 Å². The van der Waals surface area contributed by atoms with Crippen LogP contribution in [0.3, 0.4) is 0 Å². The molecule has 0 unspecified atom stereocenters. The molecule has 2 aromatic carbocycles. The second-order valence-electron chi connectivity index (χ2n) is 5.41. The number of halogens is 1. The van der Waals surface area contributed by atoms with E-state index in [-0.39, 0.29) is 36.1 Å². The summed E-state index contributed by atoms with van der Waals surface area (Å²) >= 11 is 0. The quantitative estimate of drug-likeness (QED) is 0.920. The molecule has 1 N–H and O–H groups in total. The first-order valence-corrected chi connectivity index (χ1v) is 7.33. The van der Waals surface area contributed by atoms with Crippen LogP contribution >= 0.6 is 0 Å². The van der Waals surface area contributed by atoms with Gasteiger partial charge in [0.25, 0.3) is 5.91 Å². The average molecular weight is 317 g/mol. The van der Waals surface area contributed by atoms with Crippen LogP contribution in [0.1, 0.15) is 21.5 Å². The number of aromatic hydroxyl groups is 1. The first-order chi connectivity index (χ1) is 10.9. The first kappa shape index (κ1) is 16.8. The molecule has 0 bridgehead atoms. The predicted molar refractivity (Wildman–Crippen MR) is 86.4 cm³/mol. The minimum atomic E-state index is -0.437. The van der Waals surface area contributed by atoms with Crippen molar-refractivity contribution in [1.29, 1.82) is 0 Å². The lowest BCUT2D eigenvalue weighted by Crippen LogP contribution is -2.31. The molecule has 0 aromatic heterocycles. The zero-order chi connectivity index (χ0) is 17.0. The fraction of sp³-hybridized carbons (Fsp3) is 0.278. The Morgan fingerprint density at radius 2 is 1.91 bits per heavy atom. The molecule has 0 heterocycles. The number of benzene rings is 2. The van der Waals surface area contributed by atoms with Crippen molar-refractivity contribution in [2.45, 2.75) is 13.8 Å². The summed E-state index contributed by atoms with van der Waals surface area (Å²) < 4.78 is 18.8. The van der Waals surface area contributed by atoms with E-state index in [1.165, 1.54) is 17.0 Å². The van der Waals surface area contributed by atoms with Gasteiger partial charge in [-0.15, -0.1) is 0 Å². The highest BCUT2D eigenvalue weighted by molar-refractivity contribution is 5.97. The summed E-state index contributed by atoms with van der Waals surface area (Å²) in [6.45, 7) is 4.08. The Labute approximate surface area is 135 Å². The number of phenolic OH excluding ortho intramolecular Hbond substituents is 1. The van der Waals surface area contributed by atoms with Gasteiger partial charge in [0.15, 0.2) is 11.6 Å². The molecule has 0 aliphatic carbocycles. The monoisotopic (exact) mass is 317 g/mol. The Morgan fingerprint density at radius 1 is 1.22 bits per heavy atom. The highest BCUT2D eigenvalue weighted by Gasteiger charge is 2.18. The van der Waals surface area contributed by atoms with E-state index in [1.54, 1.807) is 38.2 Å². The van der Waals surface area contributed by atoms with E-state index in [2.05, 4.69) is 0 Å². The Morgan fingerprint density at radius 3 is 2.61 bits per heavy atom. The molecule has 0 atom stereocenters. The number of hydrogen-bond donors (Lipinski definition) is 1. The van der Waals surface area contributed by atoms with E-state index in [0.29, 0.717) is 5.56 Å². The first-order valence-electron chi connectivity index (χ1n) is 7.33. The highest BCUT2D eigenvalue weighted by Crippen LogP contribution is 2.25. The number of rotatable bonds is 5. The third-order valence-electron chi connectivity index (χ3n) is 3.80. The number of phenols is 1. The van der Waals surface area contributed by atoms with Crippen LogP contribution in [0.5, 0.6) is 11.5 Å². The van der Waals surface area contributed by atoms with E-state index < -0.39 is 5.82 Å². The van der Waals surface area contributed by atoms with Gasteiger partial charge >= 0.3 is 0 Å². The van der Waals surface area contributed by atoms with E-state index in [4.69, 9.17) is 4.74 Å². The van der Waals surface area contributed by atoms with E-state index in [1.807, 2.05) is 6.92 Å². The number of hydrogen-bond acceptors (Lipinski definition) is 3. The molecule has 0 aliphatic heterocycles. The smallest absolute Gasteiger partial charge is 0.257 e. The number of carbonyl (C=O) groups is 1. The van der Waals surface area contributed by atoms with Crippen molar-refractivity contribution < 1.29 is 19.0 Å². The summed E-state index contributed by atoms with van der Waals surface area (Å²) in [7, 11) is 1.61. The molecule has 0 saturated heterocycles. The molecular weight excluding hydrogens is 297 g/mol. The average Bonchev–Trinajstić information content (AvgIpc) is 2.54. The van der Waals surface area contributed by atoms with Crippen LogP contribution < -0.4 is 4.74 Å². The minimum absolute atomic E-state index is 0.00290. The number of aryl methyl sites for hydroxylation is 1. The summed E-state index contributed by atoms with van der Waals surface area (Å²) in [4.78, 5) is 13.8.